The van der Waals surface area contributed by atoms with Crippen LogP contribution >= 0.6 is 0 Å². The van der Waals surface area contributed by atoms with Crippen LogP contribution in [0.15, 0.2) is 78.5 Å². The molecular formula is C33H39N2+. The van der Waals surface area contributed by atoms with Crippen LogP contribution in [0.3, 0.4) is 0 Å². The lowest BCUT2D eigenvalue weighted by atomic mass is 9.80. The zero-order valence-electron chi connectivity index (χ0n) is 22.4. The van der Waals surface area contributed by atoms with Crippen LogP contribution in [-0.2, 0) is 10.8 Å². The molecule has 0 saturated carbocycles. The average Bonchev–Trinajstić information content (AvgIpc) is 3.16. The molecule has 2 aliphatic rings. The summed E-state index contributed by atoms with van der Waals surface area (Å²) in [6.07, 6.45) is 9.37. The topological polar surface area (TPSA) is 6.25 Å². The molecule has 0 unspecified atom stereocenters. The van der Waals surface area contributed by atoms with Gasteiger partial charge in [-0.05, 0) is 61.7 Å². The molecule has 0 spiro atoms. The number of anilines is 1. The van der Waals surface area contributed by atoms with E-state index in [-0.39, 0.29) is 10.8 Å². The third kappa shape index (κ3) is 3.66. The van der Waals surface area contributed by atoms with Gasteiger partial charge in [-0.15, -0.1) is 0 Å². The first-order valence-electron chi connectivity index (χ1n) is 13.1. The molecule has 0 aromatic heterocycles. The maximum atomic E-state index is 2.57. The number of unbranched alkanes of at least 4 members (excludes halogenated alkanes) is 1. The van der Waals surface area contributed by atoms with Gasteiger partial charge in [0, 0.05) is 41.1 Å². The Kier molecular flexibility index (Phi) is 5.74. The van der Waals surface area contributed by atoms with Crippen LogP contribution < -0.4 is 4.90 Å². The van der Waals surface area contributed by atoms with E-state index in [1.165, 1.54) is 63.1 Å². The second-order valence-electron chi connectivity index (χ2n) is 11.3. The minimum Gasteiger partial charge on any atom is -0.344 e. The normalized spacial score (nSPS) is 19.3. The second-order valence-corrected chi connectivity index (χ2v) is 11.3. The van der Waals surface area contributed by atoms with Crippen molar-refractivity contribution in [2.24, 2.45) is 0 Å². The number of nitrogens with zero attached hydrogens (tertiary/aromatic N) is 2. The van der Waals surface area contributed by atoms with E-state index in [9.17, 15) is 0 Å². The van der Waals surface area contributed by atoms with Crippen LogP contribution in [-0.4, -0.2) is 23.9 Å². The lowest BCUT2D eigenvalue weighted by Crippen LogP contribution is -2.27. The summed E-state index contributed by atoms with van der Waals surface area (Å²) in [6.45, 7) is 15.0. The van der Waals surface area contributed by atoms with Crippen molar-refractivity contribution in [2.75, 3.05) is 18.5 Å². The van der Waals surface area contributed by atoms with Gasteiger partial charge in [0.15, 0.2) is 5.71 Å². The fraction of sp³-hybridized carbons (Fsp3) is 0.364. The van der Waals surface area contributed by atoms with Crippen molar-refractivity contribution in [3.05, 3.63) is 95.2 Å². The summed E-state index contributed by atoms with van der Waals surface area (Å²) in [5, 5.41) is 2.70. The van der Waals surface area contributed by atoms with Crippen LogP contribution in [0.1, 0.15) is 64.2 Å². The molecule has 2 heterocycles. The summed E-state index contributed by atoms with van der Waals surface area (Å²) in [7, 11) is 2.20. The standard InChI is InChI=1S/C33H39N2/c1-8-9-21-35-28-20-18-24-13-10-11-14-25(24)31(28)33(5,6)30(35)16-12-15-29-32(3,4)26-22-23(2)17-19-27(26)34(29)7/h10-20,22H,8-9,21H2,1-7H3/q+1. The fourth-order valence-electron chi connectivity index (χ4n) is 6.27. The zero-order valence-corrected chi connectivity index (χ0v) is 22.4. The Labute approximate surface area is 211 Å². The Morgan fingerprint density at radius 2 is 1.71 bits per heavy atom. The summed E-state index contributed by atoms with van der Waals surface area (Å²) in [5.74, 6) is 0. The third-order valence-corrected chi connectivity index (χ3v) is 8.19. The van der Waals surface area contributed by atoms with Gasteiger partial charge in [0.1, 0.15) is 7.05 Å². The van der Waals surface area contributed by atoms with E-state index >= 15 is 0 Å². The van der Waals surface area contributed by atoms with Gasteiger partial charge < -0.3 is 4.90 Å². The minimum absolute atomic E-state index is 0.0165. The van der Waals surface area contributed by atoms with Crippen LogP contribution in [0.25, 0.3) is 10.8 Å². The van der Waals surface area contributed by atoms with Crippen molar-refractivity contribution in [3.8, 4) is 0 Å². The number of fused-ring (bicyclic) bond motifs is 4. The lowest BCUT2D eigenvalue weighted by Gasteiger charge is -2.27. The Balaban J connectivity index is 1.58. The summed E-state index contributed by atoms with van der Waals surface area (Å²) in [4.78, 5) is 2.57. The number of allylic oxidation sites excluding steroid dienone is 4. The molecule has 0 atom stereocenters. The van der Waals surface area contributed by atoms with Gasteiger partial charge in [-0.2, -0.15) is 4.58 Å². The highest BCUT2D eigenvalue weighted by atomic mass is 15.2. The largest absolute Gasteiger partial charge is 0.344 e. The van der Waals surface area contributed by atoms with Gasteiger partial charge in [0.2, 0.25) is 5.69 Å². The molecule has 0 saturated heterocycles. The molecule has 2 aliphatic heterocycles. The highest BCUT2D eigenvalue weighted by Crippen LogP contribution is 2.50. The first-order chi connectivity index (χ1) is 16.7. The van der Waals surface area contributed by atoms with Crippen molar-refractivity contribution >= 4 is 27.9 Å². The maximum absolute atomic E-state index is 2.57. The summed E-state index contributed by atoms with van der Waals surface area (Å²) >= 11 is 0. The van der Waals surface area contributed by atoms with Gasteiger partial charge in [-0.1, -0.05) is 75.2 Å². The van der Waals surface area contributed by atoms with Gasteiger partial charge in [0.25, 0.3) is 0 Å². The van der Waals surface area contributed by atoms with Gasteiger partial charge in [0.05, 0.1) is 5.41 Å². The molecule has 35 heavy (non-hydrogen) atoms. The van der Waals surface area contributed by atoms with Crippen molar-refractivity contribution in [1.29, 1.82) is 0 Å². The number of aryl methyl sites for hydroxylation is 1. The van der Waals surface area contributed by atoms with E-state index in [1.807, 2.05) is 0 Å². The number of rotatable bonds is 5. The predicted molar refractivity (Wildman–Crippen MR) is 152 cm³/mol. The summed E-state index contributed by atoms with van der Waals surface area (Å²) in [5.41, 5.74) is 9.54. The van der Waals surface area contributed by atoms with Crippen LogP contribution in [0, 0.1) is 6.92 Å². The van der Waals surface area contributed by atoms with Crippen LogP contribution in [0.2, 0.25) is 0 Å². The van der Waals surface area contributed by atoms with Gasteiger partial charge in [-0.25, -0.2) is 0 Å². The first-order valence-corrected chi connectivity index (χ1v) is 13.1. The molecule has 180 valence electrons. The molecule has 0 amide bonds. The van der Waals surface area contributed by atoms with E-state index in [0.717, 1.165) is 6.54 Å². The van der Waals surface area contributed by atoms with Crippen molar-refractivity contribution in [1.82, 2.24) is 0 Å². The molecule has 0 N–H and O–H groups in total. The molecule has 0 aliphatic carbocycles. The summed E-state index contributed by atoms with van der Waals surface area (Å²) in [6, 6.07) is 20.3. The minimum atomic E-state index is -0.0594. The molecule has 2 nitrogen and oxygen atoms in total. The Morgan fingerprint density at radius 3 is 2.49 bits per heavy atom. The quantitative estimate of drug-likeness (QED) is 0.346. The lowest BCUT2D eigenvalue weighted by molar-refractivity contribution is -0.401. The van der Waals surface area contributed by atoms with Gasteiger partial charge >= 0.3 is 0 Å². The van der Waals surface area contributed by atoms with E-state index in [1.54, 1.807) is 0 Å². The zero-order chi connectivity index (χ0) is 25.0. The highest BCUT2D eigenvalue weighted by Gasteiger charge is 2.43. The van der Waals surface area contributed by atoms with Crippen molar-refractivity contribution in [2.45, 2.75) is 65.2 Å². The van der Waals surface area contributed by atoms with Crippen LogP contribution in [0.5, 0.6) is 0 Å². The number of hydrogen-bond donors (Lipinski definition) is 0. The molecule has 5 rings (SSSR count). The average molecular weight is 464 g/mol. The Hall–Kier alpha value is -3.13. The smallest absolute Gasteiger partial charge is 0.209 e. The number of benzene rings is 3. The molecule has 0 radical (unpaired) electrons. The SMILES string of the molecule is CCCCN1/C(=C/C=C/C2=[N+](C)c3ccc(C)cc3C2(C)C)C(C)(C)c2c1ccc1ccccc21. The Morgan fingerprint density at radius 1 is 0.943 bits per heavy atom. The number of hydrogen-bond acceptors (Lipinski definition) is 1. The fourth-order valence-corrected chi connectivity index (χ4v) is 6.27. The second kappa shape index (κ2) is 8.52. The van der Waals surface area contributed by atoms with Crippen molar-refractivity contribution in [3.63, 3.8) is 0 Å². The van der Waals surface area contributed by atoms with Crippen molar-refractivity contribution < 1.29 is 4.58 Å². The van der Waals surface area contributed by atoms with Crippen LogP contribution in [0.4, 0.5) is 11.4 Å². The molecule has 3 aromatic carbocycles. The molecule has 0 fully saturated rings. The van der Waals surface area contributed by atoms with E-state index in [2.05, 4.69) is 131 Å². The van der Waals surface area contributed by atoms with E-state index in [0.29, 0.717) is 0 Å². The predicted octanol–water partition coefficient (Wildman–Crippen LogP) is 8.19. The summed E-state index contributed by atoms with van der Waals surface area (Å²) < 4.78 is 2.36. The molecular weight excluding hydrogens is 424 g/mol. The van der Waals surface area contributed by atoms with Gasteiger partial charge in [-0.3, -0.25) is 0 Å². The highest BCUT2D eigenvalue weighted by molar-refractivity contribution is 6.03. The molecule has 0 bridgehead atoms. The monoisotopic (exact) mass is 463 g/mol. The molecule has 2 heteroatoms. The third-order valence-electron chi connectivity index (χ3n) is 8.19. The van der Waals surface area contributed by atoms with E-state index in [4.69, 9.17) is 0 Å². The Bertz CT molecular complexity index is 1400. The molecule has 3 aromatic rings. The first kappa shape index (κ1) is 23.6. The maximum Gasteiger partial charge on any atom is 0.209 e. The van der Waals surface area contributed by atoms with E-state index < -0.39 is 0 Å².